The summed E-state index contributed by atoms with van der Waals surface area (Å²) < 4.78 is 11.9. The zero-order valence-electron chi connectivity index (χ0n) is 7.17. The van der Waals surface area contributed by atoms with Crippen molar-refractivity contribution in [2.75, 3.05) is 24.3 Å². The number of alkyl halides is 1. The van der Waals surface area contributed by atoms with Crippen molar-refractivity contribution in [2.24, 2.45) is 0 Å². The van der Waals surface area contributed by atoms with Crippen LogP contribution in [0.1, 0.15) is 10.4 Å². The highest BCUT2D eigenvalue weighted by atomic mass is 32.1. The van der Waals surface area contributed by atoms with E-state index in [1.54, 1.807) is 0 Å². The predicted molar refractivity (Wildman–Crippen MR) is 52.6 cm³/mol. The van der Waals surface area contributed by atoms with Gasteiger partial charge in [-0.05, 0) is 0 Å². The molecule has 1 aromatic rings. The van der Waals surface area contributed by atoms with Crippen LogP contribution in [0, 0.1) is 22.7 Å². The first-order valence-electron chi connectivity index (χ1n) is 3.76. The summed E-state index contributed by atoms with van der Waals surface area (Å²) in [5.41, 5.74) is 5.92. The SMILES string of the molecule is N#Cc1sc(NCCF)c(C#N)c1N. The first-order valence-corrected chi connectivity index (χ1v) is 4.58. The van der Waals surface area contributed by atoms with Crippen LogP contribution in [0.25, 0.3) is 0 Å². The van der Waals surface area contributed by atoms with Crippen molar-refractivity contribution in [3.8, 4) is 12.1 Å². The lowest BCUT2D eigenvalue weighted by atomic mass is 10.2. The lowest BCUT2D eigenvalue weighted by Crippen LogP contribution is -2.02. The Labute approximate surface area is 84.4 Å². The van der Waals surface area contributed by atoms with Crippen molar-refractivity contribution in [1.82, 2.24) is 0 Å². The van der Waals surface area contributed by atoms with Gasteiger partial charge >= 0.3 is 0 Å². The van der Waals surface area contributed by atoms with E-state index in [4.69, 9.17) is 16.3 Å². The molecule has 72 valence electrons. The van der Waals surface area contributed by atoms with Crippen LogP contribution in [0.4, 0.5) is 15.1 Å². The minimum atomic E-state index is -0.537. The summed E-state index contributed by atoms with van der Waals surface area (Å²) in [5.74, 6) is 0. The zero-order chi connectivity index (χ0) is 10.6. The molecule has 0 bridgehead atoms. The number of nitrogens with one attached hydrogen (secondary N) is 1. The highest BCUT2D eigenvalue weighted by Gasteiger charge is 2.14. The van der Waals surface area contributed by atoms with Gasteiger partial charge in [-0.2, -0.15) is 10.5 Å². The van der Waals surface area contributed by atoms with Gasteiger partial charge in [0.1, 0.15) is 34.3 Å². The minimum Gasteiger partial charge on any atom is -0.396 e. The number of halogens is 1. The Hall–Kier alpha value is -1.79. The van der Waals surface area contributed by atoms with E-state index in [9.17, 15) is 4.39 Å². The third-order valence-corrected chi connectivity index (χ3v) is 2.61. The molecule has 0 atom stereocenters. The van der Waals surface area contributed by atoms with Gasteiger partial charge in [-0.1, -0.05) is 0 Å². The zero-order valence-corrected chi connectivity index (χ0v) is 7.99. The van der Waals surface area contributed by atoms with E-state index in [-0.39, 0.29) is 22.7 Å². The Bertz CT molecular complexity index is 412. The van der Waals surface area contributed by atoms with Crippen LogP contribution in [-0.2, 0) is 0 Å². The molecule has 0 aliphatic heterocycles. The lowest BCUT2D eigenvalue weighted by Gasteiger charge is -1.98. The molecule has 1 heterocycles. The maximum Gasteiger partial charge on any atom is 0.131 e. The molecule has 3 N–H and O–H groups in total. The van der Waals surface area contributed by atoms with Crippen LogP contribution in [0.3, 0.4) is 0 Å². The van der Waals surface area contributed by atoms with Gasteiger partial charge in [-0.25, -0.2) is 4.39 Å². The number of thiophene rings is 1. The van der Waals surface area contributed by atoms with Crippen LogP contribution >= 0.6 is 11.3 Å². The summed E-state index contributed by atoms with van der Waals surface area (Å²) in [6.45, 7) is -0.427. The number of rotatable bonds is 3. The molecule has 0 spiro atoms. The number of anilines is 2. The number of nitrogens with zero attached hydrogens (tertiary/aromatic N) is 2. The smallest absolute Gasteiger partial charge is 0.131 e. The third-order valence-electron chi connectivity index (χ3n) is 1.54. The molecule has 0 saturated heterocycles. The summed E-state index contributed by atoms with van der Waals surface area (Å²) >= 11 is 1.06. The van der Waals surface area contributed by atoms with E-state index in [2.05, 4.69) is 5.32 Å². The molecular weight excluding hydrogens is 203 g/mol. The van der Waals surface area contributed by atoms with Crippen molar-refractivity contribution >= 4 is 22.0 Å². The summed E-state index contributed by atoms with van der Waals surface area (Å²) in [6, 6.07) is 3.75. The van der Waals surface area contributed by atoms with Crippen LogP contribution < -0.4 is 11.1 Å². The normalized spacial score (nSPS) is 9.07. The third kappa shape index (κ3) is 1.76. The number of nitrogens with two attached hydrogens (primary N) is 1. The average molecular weight is 210 g/mol. The van der Waals surface area contributed by atoms with E-state index >= 15 is 0 Å². The average Bonchev–Trinajstić information content (AvgIpc) is 2.51. The predicted octanol–water partition coefficient (Wildman–Crippen LogP) is 1.46. The number of hydrogen-bond acceptors (Lipinski definition) is 5. The van der Waals surface area contributed by atoms with Crippen LogP contribution in [0.2, 0.25) is 0 Å². The van der Waals surface area contributed by atoms with Crippen molar-refractivity contribution in [3.63, 3.8) is 0 Å². The maximum atomic E-state index is 11.9. The molecule has 0 unspecified atom stereocenters. The second kappa shape index (κ2) is 4.45. The van der Waals surface area contributed by atoms with Crippen LogP contribution in [-0.4, -0.2) is 13.2 Å². The highest BCUT2D eigenvalue weighted by Crippen LogP contribution is 2.34. The Kier molecular flexibility index (Phi) is 3.27. The van der Waals surface area contributed by atoms with Gasteiger partial charge < -0.3 is 11.1 Å². The van der Waals surface area contributed by atoms with Gasteiger partial charge in [0.2, 0.25) is 0 Å². The fraction of sp³-hybridized carbons (Fsp3) is 0.250. The van der Waals surface area contributed by atoms with Crippen LogP contribution in [0.5, 0.6) is 0 Å². The van der Waals surface area contributed by atoms with Gasteiger partial charge in [0, 0.05) is 6.54 Å². The molecule has 0 saturated carbocycles. The Balaban J connectivity index is 3.06. The van der Waals surface area contributed by atoms with Crippen molar-refractivity contribution in [2.45, 2.75) is 0 Å². The van der Waals surface area contributed by atoms with Crippen LogP contribution in [0.15, 0.2) is 0 Å². The summed E-state index contributed by atoms with van der Waals surface area (Å²) in [5, 5.41) is 20.5. The Morgan fingerprint density at radius 3 is 2.64 bits per heavy atom. The molecule has 1 rings (SSSR count). The number of nitrogen functional groups attached to an aromatic ring is 1. The summed E-state index contributed by atoms with van der Waals surface area (Å²) in [6.07, 6.45) is 0. The van der Waals surface area contributed by atoms with E-state index in [0.29, 0.717) is 5.00 Å². The molecule has 0 aliphatic rings. The molecular formula is C8H7FN4S. The topological polar surface area (TPSA) is 85.6 Å². The molecule has 0 amide bonds. The van der Waals surface area contributed by atoms with E-state index in [1.165, 1.54) is 0 Å². The van der Waals surface area contributed by atoms with Gasteiger partial charge in [-0.3, -0.25) is 0 Å². The van der Waals surface area contributed by atoms with Crippen molar-refractivity contribution in [3.05, 3.63) is 10.4 Å². The monoisotopic (exact) mass is 210 g/mol. The summed E-state index contributed by atoms with van der Waals surface area (Å²) in [4.78, 5) is 0.280. The fourth-order valence-electron chi connectivity index (χ4n) is 0.923. The van der Waals surface area contributed by atoms with E-state index < -0.39 is 6.67 Å². The molecule has 6 heteroatoms. The maximum absolute atomic E-state index is 11.9. The standard InChI is InChI=1S/C8H7FN4S/c9-1-2-13-8-5(3-10)7(12)6(4-11)14-8/h13H,1-2,12H2. The van der Waals surface area contributed by atoms with Gasteiger partial charge in [-0.15, -0.1) is 11.3 Å². The quantitative estimate of drug-likeness (QED) is 0.790. The Morgan fingerprint density at radius 1 is 1.43 bits per heavy atom. The second-order valence-corrected chi connectivity index (χ2v) is 3.41. The fourth-order valence-corrected chi connectivity index (χ4v) is 1.82. The van der Waals surface area contributed by atoms with E-state index in [0.717, 1.165) is 11.3 Å². The highest BCUT2D eigenvalue weighted by molar-refractivity contribution is 7.17. The van der Waals surface area contributed by atoms with Gasteiger partial charge in [0.15, 0.2) is 0 Å². The Morgan fingerprint density at radius 2 is 2.14 bits per heavy atom. The number of hydrogen-bond donors (Lipinski definition) is 2. The molecule has 0 aromatic carbocycles. The molecule has 4 nitrogen and oxygen atoms in total. The molecule has 0 fully saturated rings. The summed E-state index contributed by atoms with van der Waals surface area (Å²) in [7, 11) is 0. The van der Waals surface area contributed by atoms with Gasteiger partial charge in [0.25, 0.3) is 0 Å². The minimum absolute atomic E-state index is 0.111. The lowest BCUT2D eigenvalue weighted by molar-refractivity contribution is 0.513. The second-order valence-electron chi connectivity index (χ2n) is 2.39. The van der Waals surface area contributed by atoms with Crippen molar-refractivity contribution in [1.29, 1.82) is 10.5 Å². The van der Waals surface area contributed by atoms with E-state index in [1.807, 2.05) is 12.1 Å². The number of nitriles is 2. The molecule has 0 radical (unpaired) electrons. The first kappa shape index (κ1) is 10.3. The molecule has 0 aliphatic carbocycles. The molecule has 14 heavy (non-hydrogen) atoms. The largest absolute Gasteiger partial charge is 0.396 e. The van der Waals surface area contributed by atoms with Gasteiger partial charge in [0.05, 0.1) is 5.69 Å². The molecule has 1 aromatic heterocycles. The first-order chi connectivity index (χ1) is 6.74. The van der Waals surface area contributed by atoms with Crippen molar-refractivity contribution < 1.29 is 4.39 Å².